The van der Waals surface area contributed by atoms with Gasteiger partial charge in [0.15, 0.2) is 0 Å². The predicted octanol–water partition coefficient (Wildman–Crippen LogP) is 1.26. The standard InChI is InChI=1S/C15H22N2O2.ClH/c16-13(9-11-5-2-1-3-6-11)15(19)17-10-12-7-4-8-14(12)18;/h1-3,5-6,12-14,18H,4,7-10,16H2,(H,17,19);1H. The van der Waals surface area contributed by atoms with Crippen molar-refractivity contribution in [3.8, 4) is 0 Å². The summed E-state index contributed by atoms with van der Waals surface area (Å²) in [6.45, 7) is 0.530. The number of carbonyl (C=O) groups excluding carboxylic acids is 1. The molecule has 0 saturated heterocycles. The molecule has 1 aromatic rings. The first-order valence-electron chi connectivity index (χ1n) is 6.92. The van der Waals surface area contributed by atoms with Crippen molar-refractivity contribution in [2.45, 2.75) is 37.8 Å². The number of benzene rings is 1. The fraction of sp³-hybridized carbons (Fsp3) is 0.533. The van der Waals surface area contributed by atoms with Crippen LogP contribution in [0.3, 0.4) is 0 Å². The van der Waals surface area contributed by atoms with Gasteiger partial charge in [-0.2, -0.15) is 0 Å². The van der Waals surface area contributed by atoms with Crippen molar-refractivity contribution in [3.05, 3.63) is 35.9 Å². The lowest BCUT2D eigenvalue weighted by Gasteiger charge is -2.17. The lowest BCUT2D eigenvalue weighted by molar-refractivity contribution is -0.122. The monoisotopic (exact) mass is 298 g/mol. The number of aliphatic hydroxyl groups is 1. The molecule has 112 valence electrons. The normalized spacial score (nSPS) is 22.9. The van der Waals surface area contributed by atoms with Gasteiger partial charge in [-0.1, -0.05) is 36.8 Å². The summed E-state index contributed by atoms with van der Waals surface area (Å²) in [5.41, 5.74) is 6.96. The lowest BCUT2D eigenvalue weighted by atomic mass is 10.0. The first-order valence-corrected chi connectivity index (χ1v) is 6.92. The fourth-order valence-corrected chi connectivity index (χ4v) is 2.58. The highest BCUT2D eigenvalue weighted by atomic mass is 35.5. The summed E-state index contributed by atoms with van der Waals surface area (Å²) in [5, 5.41) is 12.5. The van der Waals surface area contributed by atoms with E-state index in [1.54, 1.807) is 0 Å². The Bertz CT molecular complexity index is 414. The maximum atomic E-state index is 11.9. The molecular formula is C15H23ClN2O2. The van der Waals surface area contributed by atoms with Gasteiger partial charge >= 0.3 is 0 Å². The van der Waals surface area contributed by atoms with E-state index in [2.05, 4.69) is 5.32 Å². The van der Waals surface area contributed by atoms with E-state index < -0.39 is 6.04 Å². The van der Waals surface area contributed by atoms with E-state index in [0.29, 0.717) is 13.0 Å². The SMILES string of the molecule is Cl.NC(Cc1ccccc1)C(=O)NCC1CCCC1O. The zero-order chi connectivity index (χ0) is 13.7. The van der Waals surface area contributed by atoms with Gasteiger partial charge in [0.2, 0.25) is 5.91 Å². The van der Waals surface area contributed by atoms with Crippen LogP contribution < -0.4 is 11.1 Å². The van der Waals surface area contributed by atoms with Crippen molar-refractivity contribution in [1.82, 2.24) is 5.32 Å². The molecule has 0 bridgehead atoms. The Morgan fingerprint density at radius 3 is 2.65 bits per heavy atom. The van der Waals surface area contributed by atoms with Gasteiger partial charge in [0, 0.05) is 12.5 Å². The van der Waals surface area contributed by atoms with Gasteiger partial charge in [0.25, 0.3) is 0 Å². The van der Waals surface area contributed by atoms with E-state index in [0.717, 1.165) is 24.8 Å². The lowest BCUT2D eigenvalue weighted by Crippen LogP contribution is -2.44. The van der Waals surface area contributed by atoms with Crippen molar-refractivity contribution in [2.24, 2.45) is 11.7 Å². The number of aliphatic hydroxyl groups excluding tert-OH is 1. The van der Waals surface area contributed by atoms with Crippen LogP contribution in [0.1, 0.15) is 24.8 Å². The van der Waals surface area contributed by atoms with Gasteiger partial charge in [0.05, 0.1) is 12.1 Å². The molecule has 2 rings (SSSR count). The van der Waals surface area contributed by atoms with Crippen LogP contribution in [0.25, 0.3) is 0 Å². The van der Waals surface area contributed by atoms with E-state index in [9.17, 15) is 9.90 Å². The molecule has 5 heteroatoms. The average molecular weight is 299 g/mol. The summed E-state index contributed by atoms with van der Waals surface area (Å²) in [7, 11) is 0. The zero-order valence-corrected chi connectivity index (χ0v) is 12.3. The Balaban J connectivity index is 0.00000200. The first kappa shape index (κ1) is 17.0. The summed E-state index contributed by atoms with van der Waals surface area (Å²) in [6.07, 6.45) is 3.13. The zero-order valence-electron chi connectivity index (χ0n) is 11.5. The van der Waals surface area contributed by atoms with Gasteiger partial charge < -0.3 is 16.2 Å². The highest BCUT2D eigenvalue weighted by Gasteiger charge is 2.26. The molecule has 1 saturated carbocycles. The maximum Gasteiger partial charge on any atom is 0.237 e. The number of nitrogens with two attached hydrogens (primary N) is 1. The van der Waals surface area contributed by atoms with E-state index in [1.165, 1.54) is 0 Å². The molecule has 0 aliphatic heterocycles. The van der Waals surface area contributed by atoms with Crippen molar-refractivity contribution >= 4 is 18.3 Å². The second-order valence-corrected chi connectivity index (χ2v) is 5.30. The molecule has 1 fully saturated rings. The molecule has 0 aromatic heterocycles. The summed E-state index contributed by atoms with van der Waals surface area (Å²) < 4.78 is 0. The van der Waals surface area contributed by atoms with Crippen molar-refractivity contribution < 1.29 is 9.90 Å². The molecule has 4 N–H and O–H groups in total. The summed E-state index contributed by atoms with van der Waals surface area (Å²) in [5.74, 6) is 0.0517. The average Bonchev–Trinajstić information content (AvgIpc) is 2.82. The van der Waals surface area contributed by atoms with Crippen LogP contribution in [0, 0.1) is 5.92 Å². The largest absolute Gasteiger partial charge is 0.393 e. The Labute approximate surface area is 126 Å². The van der Waals surface area contributed by atoms with Gasteiger partial charge in [0.1, 0.15) is 0 Å². The molecule has 0 radical (unpaired) electrons. The van der Waals surface area contributed by atoms with E-state index in [1.807, 2.05) is 30.3 Å². The second-order valence-electron chi connectivity index (χ2n) is 5.30. The van der Waals surface area contributed by atoms with Crippen LogP contribution in [0.15, 0.2) is 30.3 Å². The van der Waals surface area contributed by atoms with Crippen LogP contribution in [-0.4, -0.2) is 29.7 Å². The third-order valence-electron chi connectivity index (χ3n) is 3.79. The number of halogens is 1. The minimum atomic E-state index is -0.527. The van der Waals surface area contributed by atoms with Gasteiger partial charge in [-0.25, -0.2) is 0 Å². The Hall–Kier alpha value is -1.10. The molecule has 1 aliphatic rings. The van der Waals surface area contributed by atoms with Crippen LogP contribution in [0.4, 0.5) is 0 Å². The molecule has 1 aromatic carbocycles. The van der Waals surface area contributed by atoms with Crippen LogP contribution in [-0.2, 0) is 11.2 Å². The molecule has 3 unspecified atom stereocenters. The second kappa shape index (κ2) is 8.25. The molecule has 0 spiro atoms. The summed E-state index contributed by atoms with van der Waals surface area (Å²) >= 11 is 0. The van der Waals surface area contributed by atoms with Crippen LogP contribution in [0.2, 0.25) is 0 Å². The molecule has 1 amide bonds. The number of hydrogen-bond donors (Lipinski definition) is 3. The van der Waals surface area contributed by atoms with Gasteiger partial charge in [-0.15, -0.1) is 12.4 Å². The number of amides is 1. The van der Waals surface area contributed by atoms with Crippen molar-refractivity contribution in [2.75, 3.05) is 6.54 Å². The fourth-order valence-electron chi connectivity index (χ4n) is 2.58. The number of nitrogens with one attached hydrogen (secondary N) is 1. The molecule has 0 heterocycles. The summed E-state index contributed by atoms with van der Waals surface area (Å²) in [6, 6.07) is 9.23. The van der Waals surface area contributed by atoms with Gasteiger partial charge in [-0.3, -0.25) is 4.79 Å². The Morgan fingerprint density at radius 1 is 1.35 bits per heavy atom. The van der Waals surface area contributed by atoms with Crippen LogP contribution >= 0.6 is 12.4 Å². The third-order valence-corrected chi connectivity index (χ3v) is 3.79. The molecule has 1 aliphatic carbocycles. The van der Waals surface area contributed by atoms with E-state index in [4.69, 9.17) is 5.73 Å². The number of carbonyl (C=O) groups is 1. The van der Waals surface area contributed by atoms with Crippen LogP contribution in [0.5, 0.6) is 0 Å². The number of rotatable bonds is 5. The molecule has 20 heavy (non-hydrogen) atoms. The first-order chi connectivity index (χ1) is 9.16. The van der Waals surface area contributed by atoms with Crippen molar-refractivity contribution in [3.63, 3.8) is 0 Å². The third kappa shape index (κ3) is 4.78. The molecule has 3 atom stereocenters. The highest BCUT2D eigenvalue weighted by Crippen LogP contribution is 2.24. The van der Waals surface area contributed by atoms with E-state index in [-0.39, 0.29) is 30.3 Å². The van der Waals surface area contributed by atoms with Gasteiger partial charge in [-0.05, 0) is 24.8 Å². The topological polar surface area (TPSA) is 75.4 Å². The Morgan fingerprint density at radius 2 is 2.05 bits per heavy atom. The Kier molecular flexibility index (Phi) is 6.99. The summed E-state index contributed by atoms with van der Waals surface area (Å²) in [4.78, 5) is 11.9. The molecular weight excluding hydrogens is 276 g/mol. The molecule has 4 nitrogen and oxygen atoms in total. The van der Waals surface area contributed by atoms with Crippen molar-refractivity contribution in [1.29, 1.82) is 0 Å². The highest BCUT2D eigenvalue weighted by molar-refractivity contribution is 5.85. The maximum absolute atomic E-state index is 11.9. The smallest absolute Gasteiger partial charge is 0.237 e. The number of hydrogen-bond acceptors (Lipinski definition) is 3. The van der Waals surface area contributed by atoms with E-state index >= 15 is 0 Å². The quantitative estimate of drug-likeness (QED) is 0.766. The minimum absolute atomic E-state index is 0. The minimum Gasteiger partial charge on any atom is -0.393 e. The predicted molar refractivity (Wildman–Crippen MR) is 81.7 cm³/mol.